The molecule has 0 aromatic heterocycles. The summed E-state index contributed by atoms with van der Waals surface area (Å²) in [7, 11) is -2.97. The van der Waals surface area contributed by atoms with E-state index in [0.717, 1.165) is 13.8 Å². The van der Waals surface area contributed by atoms with Crippen molar-refractivity contribution in [1.82, 2.24) is 0 Å². The fraction of sp³-hybridized carbons (Fsp3) is 0.179. The van der Waals surface area contributed by atoms with Gasteiger partial charge in [0.25, 0.3) is 11.9 Å². The predicted octanol–water partition coefficient (Wildman–Crippen LogP) is 11.3. The molecule has 8 aromatic rings. The number of carboxylic acid groups (broad SMARTS) is 2. The van der Waals surface area contributed by atoms with Crippen LogP contribution >= 0.6 is 15.8 Å². The summed E-state index contributed by atoms with van der Waals surface area (Å²) in [5.41, 5.74) is 13.3. The summed E-state index contributed by atoms with van der Waals surface area (Å²) in [4.78, 5) is 18.0. The van der Waals surface area contributed by atoms with Gasteiger partial charge in [0.15, 0.2) is 0 Å². The van der Waals surface area contributed by atoms with Crippen molar-refractivity contribution in [3.8, 4) is 11.1 Å². The van der Waals surface area contributed by atoms with E-state index < -0.39 is 27.8 Å². The van der Waals surface area contributed by atoms with E-state index in [1.165, 1.54) is 109 Å². The molecule has 0 atom stereocenters. The van der Waals surface area contributed by atoms with Crippen LogP contribution in [0.1, 0.15) is 58.4 Å². The van der Waals surface area contributed by atoms with E-state index in [4.69, 9.17) is 19.8 Å². The molecule has 0 aliphatic heterocycles. The minimum Gasteiger partial charge on any atom is -0.481 e. The van der Waals surface area contributed by atoms with Gasteiger partial charge in [0, 0.05) is 44.5 Å². The Labute approximate surface area is 388 Å². The Balaban J connectivity index is 0.000000768. The number of aryl methyl sites for hydroxylation is 8. The summed E-state index contributed by atoms with van der Waals surface area (Å²) in [6.45, 7) is 20.2. The van der Waals surface area contributed by atoms with Gasteiger partial charge in [0.05, 0.1) is 15.8 Å². The van der Waals surface area contributed by atoms with Crippen LogP contribution in [0.4, 0.5) is 0 Å². The second kappa shape index (κ2) is 21.4. The van der Waals surface area contributed by atoms with Crippen LogP contribution in [0.5, 0.6) is 0 Å². The van der Waals surface area contributed by atoms with Crippen molar-refractivity contribution in [2.24, 2.45) is 0 Å². The first-order chi connectivity index (χ1) is 29.5. The molecule has 0 fully saturated rings. The van der Waals surface area contributed by atoms with Crippen LogP contribution in [-0.4, -0.2) is 22.2 Å². The van der Waals surface area contributed by atoms with Crippen molar-refractivity contribution >= 4 is 81.2 Å². The quantitative estimate of drug-likeness (QED) is 0.123. The molecule has 322 valence electrons. The molecule has 0 aliphatic rings. The second-order valence-corrected chi connectivity index (χ2v) is 21.6. The standard InChI is InChI=1S/C52H48P2.2C2H4O2.Ru/c1-33-21-34(2)26-43(25-33)53(44-27-35(3)22-36(4)28-44)49-19-17-41-13-9-11-15-47(41)51(49)52-48-16-12-10-14-42(48)18-20-50(52)54(45-29-37(5)23-38(6)30-45)46-31-39(7)24-40(8)32-46;2*1-2(3)4;/h9-32H,1-8H3;2*1H3,(H,3,4);/p+2. The first-order valence-electron chi connectivity index (χ1n) is 21.0. The van der Waals surface area contributed by atoms with Crippen LogP contribution in [0, 0.1) is 55.4 Å². The van der Waals surface area contributed by atoms with Gasteiger partial charge in [-0.05, 0) is 182 Å². The summed E-state index contributed by atoms with van der Waals surface area (Å²) in [6, 6.07) is 56.9. The Hall–Kier alpha value is -5.30. The zero-order valence-electron chi connectivity index (χ0n) is 37.9. The minimum atomic E-state index is -1.49. The van der Waals surface area contributed by atoms with E-state index in [-0.39, 0.29) is 19.5 Å². The summed E-state index contributed by atoms with van der Waals surface area (Å²) >= 11 is 0. The Morgan fingerprint density at radius 2 is 0.587 bits per heavy atom. The van der Waals surface area contributed by atoms with Crippen LogP contribution in [0.2, 0.25) is 0 Å². The number of aliphatic carboxylic acids is 2. The fourth-order valence-corrected chi connectivity index (χ4v) is 15.3. The van der Waals surface area contributed by atoms with Crippen molar-refractivity contribution in [3.05, 3.63) is 190 Å². The van der Waals surface area contributed by atoms with Gasteiger partial charge >= 0.3 is 0 Å². The summed E-state index contributed by atoms with van der Waals surface area (Å²) in [5.74, 6) is -1.67. The maximum Gasteiger partial charge on any atom is 0.300 e. The molecule has 0 radical (unpaired) electrons. The molecule has 8 rings (SSSR count). The van der Waals surface area contributed by atoms with E-state index in [9.17, 15) is 0 Å². The first-order valence-corrected chi connectivity index (χ1v) is 24.0. The van der Waals surface area contributed by atoms with E-state index in [1.54, 1.807) is 0 Å². The molecule has 63 heavy (non-hydrogen) atoms. The monoisotopic (exact) mass is 958 g/mol. The second-order valence-electron chi connectivity index (χ2n) is 16.7. The van der Waals surface area contributed by atoms with Gasteiger partial charge in [-0.1, -0.05) is 84.9 Å². The molecule has 4 nitrogen and oxygen atoms in total. The number of hydrogen-bond acceptors (Lipinski definition) is 2. The van der Waals surface area contributed by atoms with Crippen molar-refractivity contribution < 1.29 is 39.3 Å². The molecule has 0 saturated carbocycles. The topological polar surface area (TPSA) is 74.6 Å². The third-order valence-corrected chi connectivity index (χ3v) is 16.1. The van der Waals surface area contributed by atoms with Crippen molar-refractivity contribution in [1.29, 1.82) is 0 Å². The molecular formula is C56H58O4P2Ru+2. The number of rotatable bonds is 7. The van der Waals surface area contributed by atoms with E-state index in [0.29, 0.717) is 0 Å². The number of fused-ring (bicyclic) bond motifs is 2. The molecule has 0 aliphatic carbocycles. The Kier molecular flexibility index (Phi) is 16.5. The third-order valence-electron chi connectivity index (χ3n) is 10.7. The van der Waals surface area contributed by atoms with Crippen LogP contribution < -0.4 is 31.8 Å². The van der Waals surface area contributed by atoms with Crippen LogP contribution in [-0.2, 0) is 29.1 Å². The maximum absolute atomic E-state index is 9.00. The SMILES string of the molecule is CC(=O)O.CC(=O)O.Cc1cc(C)cc([PH+](c2cc(C)cc(C)c2)c2ccc3ccccc3c2-c2c([PH+](c3cc(C)cc(C)c3)c3cc(C)cc(C)c3)ccc3ccccc23)c1.[Ru]. The average Bonchev–Trinajstić information content (AvgIpc) is 3.16. The van der Waals surface area contributed by atoms with Gasteiger partial charge in [-0.2, -0.15) is 0 Å². The number of benzene rings is 8. The predicted molar refractivity (Wildman–Crippen MR) is 272 cm³/mol. The Bertz CT molecular complexity index is 2560. The van der Waals surface area contributed by atoms with Gasteiger partial charge in [0.1, 0.15) is 31.8 Å². The van der Waals surface area contributed by atoms with Gasteiger partial charge in [-0.15, -0.1) is 0 Å². The van der Waals surface area contributed by atoms with Crippen LogP contribution in [0.3, 0.4) is 0 Å². The summed E-state index contributed by atoms with van der Waals surface area (Å²) in [6.07, 6.45) is 0. The molecule has 0 saturated heterocycles. The largest absolute Gasteiger partial charge is 0.481 e. The maximum atomic E-state index is 9.00. The minimum absolute atomic E-state index is 0. The van der Waals surface area contributed by atoms with Crippen LogP contribution in [0.25, 0.3) is 32.7 Å². The van der Waals surface area contributed by atoms with E-state index >= 15 is 0 Å². The van der Waals surface area contributed by atoms with E-state index in [2.05, 4.69) is 201 Å². The van der Waals surface area contributed by atoms with Crippen LogP contribution in [0.15, 0.2) is 146 Å². The summed E-state index contributed by atoms with van der Waals surface area (Å²) < 4.78 is 0. The molecule has 8 aromatic carbocycles. The third kappa shape index (κ3) is 12.0. The van der Waals surface area contributed by atoms with Crippen molar-refractivity contribution in [2.45, 2.75) is 69.2 Å². The molecule has 0 heterocycles. The molecule has 7 heteroatoms. The fourth-order valence-electron chi connectivity index (χ4n) is 8.93. The van der Waals surface area contributed by atoms with Gasteiger partial charge in [0.2, 0.25) is 0 Å². The zero-order valence-corrected chi connectivity index (χ0v) is 41.7. The Morgan fingerprint density at radius 3 is 0.825 bits per heavy atom. The molecular weight excluding hydrogens is 900 g/mol. The molecule has 0 amide bonds. The van der Waals surface area contributed by atoms with Gasteiger partial charge < -0.3 is 10.2 Å². The molecule has 0 spiro atoms. The van der Waals surface area contributed by atoms with Gasteiger partial charge in [-0.25, -0.2) is 0 Å². The van der Waals surface area contributed by atoms with Gasteiger partial charge in [-0.3, -0.25) is 9.59 Å². The van der Waals surface area contributed by atoms with Crippen molar-refractivity contribution in [2.75, 3.05) is 0 Å². The first kappa shape index (κ1) is 48.7. The molecule has 0 unspecified atom stereocenters. The smallest absolute Gasteiger partial charge is 0.300 e. The average molecular weight is 958 g/mol. The number of carboxylic acids is 2. The van der Waals surface area contributed by atoms with E-state index in [1.807, 2.05) is 0 Å². The Morgan fingerprint density at radius 1 is 0.365 bits per heavy atom. The summed E-state index contributed by atoms with van der Waals surface area (Å²) in [5, 5.41) is 28.7. The van der Waals surface area contributed by atoms with Crippen molar-refractivity contribution in [3.63, 3.8) is 0 Å². The molecule has 2 N–H and O–H groups in total. The number of carbonyl (C=O) groups is 2. The number of hydrogen-bond donors (Lipinski definition) is 2. The normalized spacial score (nSPS) is 10.8. The molecule has 0 bridgehead atoms. The zero-order chi connectivity index (χ0) is 44.8.